The molecule has 0 aliphatic carbocycles. The number of carboxylic acid groups (broad SMARTS) is 1. The van der Waals surface area contributed by atoms with E-state index in [1.54, 1.807) is 12.1 Å². The zero-order valence-corrected chi connectivity index (χ0v) is 10.7. The Morgan fingerprint density at radius 3 is 2.41 bits per heavy atom. The first-order valence-corrected chi connectivity index (χ1v) is 6.15. The van der Waals surface area contributed by atoms with E-state index in [9.17, 15) is 9.59 Å². The van der Waals surface area contributed by atoms with Crippen molar-refractivity contribution >= 4 is 33.6 Å². The molecule has 0 spiro atoms. The van der Waals surface area contributed by atoms with Crippen LogP contribution in [0.15, 0.2) is 24.3 Å². The van der Waals surface area contributed by atoms with Gasteiger partial charge in [-0.15, -0.1) is 0 Å². The average Bonchev–Trinajstić information content (AvgIpc) is 2.31. The minimum absolute atomic E-state index is 0.106. The third-order valence-corrected chi connectivity index (χ3v) is 2.56. The highest BCUT2D eigenvalue weighted by molar-refractivity contribution is 9.09. The Morgan fingerprint density at radius 2 is 1.88 bits per heavy atom. The first-order chi connectivity index (χ1) is 8.11. The van der Waals surface area contributed by atoms with Gasteiger partial charge in [-0.3, -0.25) is 4.79 Å². The first-order valence-electron chi connectivity index (χ1n) is 5.03. The molecule has 0 aliphatic rings. The monoisotopic (exact) mass is 300 g/mol. The minimum atomic E-state index is -1.02. The topological polar surface area (TPSA) is 78.4 Å². The van der Waals surface area contributed by atoms with Gasteiger partial charge in [0.2, 0.25) is 5.91 Å². The number of carbonyl (C=O) groups excluding carboxylic acids is 1. The molecule has 2 amide bonds. The van der Waals surface area contributed by atoms with E-state index in [2.05, 4.69) is 26.6 Å². The molecular formula is C11H13BrN2O3. The van der Waals surface area contributed by atoms with Gasteiger partial charge in [-0.2, -0.15) is 0 Å². The van der Waals surface area contributed by atoms with Crippen LogP contribution in [0.1, 0.15) is 5.56 Å². The summed E-state index contributed by atoms with van der Waals surface area (Å²) in [5.74, 6) is -0.106. The lowest BCUT2D eigenvalue weighted by molar-refractivity contribution is -0.113. The first kappa shape index (κ1) is 13.5. The molecule has 0 fully saturated rings. The lowest BCUT2D eigenvalue weighted by atomic mass is 10.1. The number of rotatable bonds is 5. The molecule has 0 radical (unpaired) electrons. The highest BCUT2D eigenvalue weighted by Gasteiger charge is 2.00. The van der Waals surface area contributed by atoms with Crippen LogP contribution in [0.3, 0.4) is 0 Å². The second-order valence-corrected chi connectivity index (χ2v) is 3.92. The number of halogens is 1. The van der Waals surface area contributed by atoms with Crippen LogP contribution in [-0.2, 0) is 11.2 Å². The Bertz CT molecular complexity index is 392. The Hall–Kier alpha value is -1.56. The van der Waals surface area contributed by atoms with Gasteiger partial charge in [-0.05, 0) is 24.1 Å². The maximum absolute atomic E-state index is 11.1. The van der Waals surface area contributed by atoms with E-state index in [-0.39, 0.29) is 11.2 Å². The van der Waals surface area contributed by atoms with Crippen molar-refractivity contribution < 1.29 is 14.7 Å². The van der Waals surface area contributed by atoms with Gasteiger partial charge >= 0.3 is 6.09 Å². The summed E-state index contributed by atoms with van der Waals surface area (Å²) in [4.78, 5) is 21.3. The predicted molar refractivity (Wildman–Crippen MR) is 68.6 cm³/mol. The molecule has 0 aliphatic heterocycles. The SMILES string of the molecule is O=C(O)NCCc1ccc(NC(=O)CBr)cc1. The van der Waals surface area contributed by atoms with E-state index in [0.717, 1.165) is 11.3 Å². The summed E-state index contributed by atoms with van der Waals surface area (Å²) in [6.45, 7) is 0.377. The number of hydrogen-bond acceptors (Lipinski definition) is 2. The van der Waals surface area contributed by atoms with Crippen molar-refractivity contribution in [2.75, 3.05) is 17.2 Å². The summed E-state index contributed by atoms with van der Waals surface area (Å²) >= 11 is 3.06. The lowest BCUT2D eigenvalue weighted by Crippen LogP contribution is -2.23. The largest absolute Gasteiger partial charge is 0.465 e. The third kappa shape index (κ3) is 5.35. The van der Waals surface area contributed by atoms with Gasteiger partial charge in [0.05, 0.1) is 5.33 Å². The Balaban J connectivity index is 2.44. The highest BCUT2D eigenvalue weighted by atomic mass is 79.9. The molecule has 0 unspecified atom stereocenters. The summed E-state index contributed by atoms with van der Waals surface area (Å²) in [6, 6.07) is 7.29. The third-order valence-electron chi connectivity index (χ3n) is 2.05. The fraction of sp³-hybridized carbons (Fsp3) is 0.273. The highest BCUT2D eigenvalue weighted by Crippen LogP contribution is 2.10. The van der Waals surface area contributed by atoms with Crippen molar-refractivity contribution in [2.24, 2.45) is 0 Å². The van der Waals surface area contributed by atoms with Gasteiger partial charge in [0.1, 0.15) is 0 Å². The van der Waals surface area contributed by atoms with Gasteiger partial charge in [0.15, 0.2) is 0 Å². The molecule has 0 atom stereocenters. The molecule has 6 heteroatoms. The standard InChI is InChI=1S/C11H13BrN2O3/c12-7-10(15)14-9-3-1-8(2-4-9)5-6-13-11(16)17/h1-4,13H,5-7H2,(H,14,15)(H,16,17). The number of anilines is 1. The van der Waals surface area contributed by atoms with Crippen molar-refractivity contribution in [3.05, 3.63) is 29.8 Å². The number of hydrogen-bond donors (Lipinski definition) is 3. The van der Waals surface area contributed by atoms with Gasteiger partial charge in [0, 0.05) is 12.2 Å². The van der Waals surface area contributed by atoms with E-state index in [4.69, 9.17) is 5.11 Å². The second-order valence-electron chi connectivity index (χ2n) is 3.36. The minimum Gasteiger partial charge on any atom is -0.465 e. The molecule has 3 N–H and O–H groups in total. The zero-order chi connectivity index (χ0) is 12.7. The molecule has 0 saturated heterocycles. The molecule has 1 rings (SSSR count). The molecular weight excluding hydrogens is 288 g/mol. The zero-order valence-electron chi connectivity index (χ0n) is 9.07. The summed E-state index contributed by atoms with van der Waals surface area (Å²) in [5.41, 5.74) is 1.74. The average molecular weight is 301 g/mol. The van der Waals surface area contributed by atoms with Crippen LogP contribution in [0.25, 0.3) is 0 Å². The summed E-state index contributed by atoms with van der Waals surface area (Å²) in [6.07, 6.45) is -0.398. The second kappa shape index (κ2) is 6.90. The summed E-state index contributed by atoms with van der Waals surface area (Å²) in [7, 11) is 0. The molecule has 5 nitrogen and oxygen atoms in total. The van der Waals surface area contributed by atoms with Crippen LogP contribution in [-0.4, -0.2) is 29.0 Å². The maximum Gasteiger partial charge on any atom is 0.404 e. The molecule has 0 saturated carbocycles. The van der Waals surface area contributed by atoms with Crippen LogP contribution in [0, 0.1) is 0 Å². The molecule has 0 aromatic heterocycles. The smallest absolute Gasteiger partial charge is 0.404 e. The lowest BCUT2D eigenvalue weighted by Gasteiger charge is -2.05. The molecule has 0 bridgehead atoms. The normalized spacial score (nSPS) is 9.71. The quantitative estimate of drug-likeness (QED) is 0.726. The number of carbonyl (C=O) groups is 2. The molecule has 17 heavy (non-hydrogen) atoms. The van der Waals surface area contributed by atoms with Crippen molar-refractivity contribution in [2.45, 2.75) is 6.42 Å². The number of nitrogens with one attached hydrogen (secondary N) is 2. The van der Waals surface area contributed by atoms with E-state index in [0.29, 0.717) is 13.0 Å². The summed E-state index contributed by atoms with van der Waals surface area (Å²) in [5, 5.41) is 13.6. The molecule has 1 aromatic rings. The van der Waals surface area contributed by atoms with Gasteiger partial charge in [0.25, 0.3) is 0 Å². The van der Waals surface area contributed by atoms with Gasteiger partial charge in [-0.1, -0.05) is 28.1 Å². The van der Waals surface area contributed by atoms with Gasteiger partial charge in [-0.25, -0.2) is 4.79 Å². The molecule has 0 heterocycles. The van der Waals surface area contributed by atoms with Crippen LogP contribution < -0.4 is 10.6 Å². The molecule has 1 aromatic carbocycles. The fourth-order valence-corrected chi connectivity index (χ4v) is 1.40. The maximum atomic E-state index is 11.1. The predicted octanol–water partition coefficient (Wildman–Crippen LogP) is 1.83. The van der Waals surface area contributed by atoms with Crippen LogP contribution in [0.4, 0.5) is 10.5 Å². The number of alkyl halides is 1. The van der Waals surface area contributed by atoms with Crippen LogP contribution in [0.2, 0.25) is 0 Å². The van der Waals surface area contributed by atoms with E-state index in [1.807, 2.05) is 12.1 Å². The Morgan fingerprint density at radius 1 is 1.24 bits per heavy atom. The van der Waals surface area contributed by atoms with Crippen molar-refractivity contribution in [1.29, 1.82) is 0 Å². The van der Waals surface area contributed by atoms with Gasteiger partial charge < -0.3 is 15.7 Å². The van der Waals surface area contributed by atoms with E-state index >= 15 is 0 Å². The van der Waals surface area contributed by atoms with Crippen molar-refractivity contribution in [3.8, 4) is 0 Å². The Labute approximate surface area is 107 Å². The molecule has 92 valence electrons. The van der Waals surface area contributed by atoms with E-state index < -0.39 is 6.09 Å². The number of benzene rings is 1. The fourth-order valence-electron chi connectivity index (χ4n) is 1.26. The van der Waals surface area contributed by atoms with Crippen molar-refractivity contribution in [1.82, 2.24) is 5.32 Å². The van der Waals surface area contributed by atoms with Crippen LogP contribution >= 0.6 is 15.9 Å². The summed E-state index contributed by atoms with van der Waals surface area (Å²) < 4.78 is 0. The van der Waals surface area contributed by atoms with Crippen molar-refractivity contribution in [3.63, 3.8) is 0 Å². The Kier molecular flexibility index (Phi) is 5.48. The van der Waals surface area contributed by atoms with Crippen LogP contribution in [0.5, 0.6) is 0 Å². The number of amides is 2. The van der Waals surface area contributed by atoms with E-state index in [1.165, 1.54) is 0 Å².